The van der Waals surface area contributed by atoms with Gasteiger partial charge in [0.05, 0.1) is 24.5 Å². The lowest BCUT2D eigenvalue weighted by atomic mass is 10.0. The van der Waals surface area contributed by atoms with E-state index in [-0.39, 0.29) is 6.04 Å². The van der Waals surface area contributed by atoms with Crippen LogP contribution in [0.25, 0.3) is 0 Å². The van der Waals surface area contributed by atoms with Gasteiger partial charge in [0, 0.05) is 24.9 Å². The summed E-state index contributed by atoms with van der Waals surface area (Å²) in [6, 6.07) is 8.26. The Labute approximate surface area is 124 Å². The topological polar surface area (TPSA) is 64.3 Å². The second-order valence-electron chi connectivity index (χ2n) is 5.40. The number of ether oxygens (including phenoxy) is 1. The van der Waals surface area contributed by atoms with Crippen molar-refractivity contribution in [1.29, 1.82) is 0 Å². The number of hydrogen-bond acceptors (Lipinski definition) is 5. The summed E-state index contributed by atoms with van der Waals surface area (Å²) in [5.74, 6) is 0.512. The van der Waals surface area contributed by atoms with E-state index in [1.807, 2.05) is 24.4 Å². The van der Waals surface area contributed by atoms with Gasteiger partial charge in [-0.2, -0.15) is 0 Å². The van der Waals surface area contributed by atoms with Gasteiger partial charge >= 0.3 is 0 Å². The molecule has 0 amide bonds. The first kappa shape index (κ1) is 13.8. The SMILES string of the molecule is COc1nc2c(cc1N)CCN(C)C(c1ccccn1)C2. The fourth-order valence-corrected chi connectivity index (χ4v) is 2.84. The van der Waals surface area contributed by atoms with Crippen LogP contribution in [0.5, 0.6) is 5.88 Å². The van der Waals surface area contributed by atoms with E-state index in [0.717, 1.165) is 30.8 Å². The Morgan fingerprint density at radius 1 is 1.38 bits per heavy atom. The van der Waals surface area contributed by atoms with E-state index >= 15 is 0 Å². The molecule has 1 aliphatic rings. The molecule has 1 atom stereocenters. The van der Waals surface area contributed by atoms with Crippen LogP contribution in [0.1, 0.15) is 23.0 Å². The highest BCUT2D eigenvalue weighted by atomic mass is 16.5. The minimum Gasteiger partial charge on any atom is -0.480 e. The molecule has 1 unspecified atom stereocenters. The van der Waals surface area contributed by atoms with Gasteiger partial charge in [0.15, 0.2) is 0 Å². The quantitative estimate of drug-likeness (QED) is 0.911. The van der Waals surface area contributed by atoms with Crippen LogP contribution in [-0.4, -0.2) is 35.6 Å². The van der Waals surface area contributed by atoms with Crippen LogP contribution in [0.2, 0.25) is 0 Å². The molecule has 2 aromatic heterocycles. The average Bonchev–Trinajstić information content (AvgIpc) is 2.67. The minimum atomic E-state index is 0.230. The predicted molar refractivity (Wildman–Crippen MR) is 82.2 cm³/mol. The van der Waals surface area contributed by atoms with E-state index in [0.29, 0.717) is 11.6 Å². The molecule has 0 spiro atoms. The number of likely N-dealkylation sites (N-methyl/N-ethyl adjacent to an activating group) is 1. The third kappa shape index (κ3) is 2.69. The number of methoxy groups -OCH3 is 1. The molecule has 110 valence electrons. The molecule has 3 heterocycles. The molecular formula is C16H20N4O. The Hall–Kier alpha value is -2.14. The molecule has 0 saturated carbocycles. The van der Waals surface area contributed by atoms with Gasteiger partial charge in [0.2, 0.25) is 5.88 Å². The number of nitrogen functional groups attached to an aromatic ring is 1. The van der Waals surface area contributed by atoms with Crippen LogP contribution >= 0.6 is 0 Å². The first-order valence-electron chi connectivity index (χ1n) is 7.12. The molecule has 3 rings (SSSR count). The number of anilines is 1. The van der Waals surface area contributed by atoms with E-state index < -0.39 is 0 Å². The molecular weight excluding hydrogens is 264 g/mol. The number of fused-ring (bicyclic) bond motifs is 1. The predicted octanol–water partition coefficient (Wildman–Crippen LogP) is 1.84. The zero-order chi connectivity index (χ0) is 14.8. The maximum Gasteiger partial charge on any atom is 0.237 e. The Balaban J connectivity index is 1.99. The molecule has 0 aromatic carbocycles. The van der Waals surface area contributed by atoms with E-state index in [9.17, 15) is 0 Å². The van der Waals surface area contributed by atoms with Gasteiger partial charge in [-0.15, -0.1) is 0 Å². The lowest BCUT2D eigenvalue weighted by Crippen LogP contribution is -2.26. The Morgan fingerprint density at radius 3 is 2.95 bits per heavy atom. The monoisotopic (exact) mass is 284 g/mol. The highest BCUT2D eigenvalue weighted by molar-refractivity contribution is 5.51. The third-order valence-corrected chi connectivity index (χ3v) is 4.06. The largest absolute Gasteiger partial charge is 0.480 e. The zero-order valence-corrected chi connectivity index (χ0v) is 12.4. The highest BCUT2D eigenvalue weighted by Crippen LogP contribution is 2.30. The summed E-state index contributed by atoms with van der Waals surface area (Å²) in [5.41, 5.74) is 9.92. The fourth-order valence-electron chi connectivity index (χ4n) is 2.84. The van der Waals surface area contributed by atoms with E-state index in [1.54, 1.807) is 7.11 Å². The zero-order valence-electron chi connectivity index (χ0n) is 12.4. The van der Waals surface area contributed by atoms with Crippen molar-refractivity contribution in [2.45, 2.75) is 18.9 Å². The molecule has 0 radical (unpaired) electrons. The van der Waals surface area contributed by atoms with Crippen molar-refractivity contribution in [1.82, 2.24) is 14.9 Å². The first-order valence-corrected chi connectivity index (χ1v) is 7.12. The maximum atomic E-state index is 5.97. The summed E-state index contributed by atoms with van der Waals surface area (Å²) in [4.78, 5) is 11.4. The molecule has 2 N–H and O–H groups in total. The van der Waals surface area contributed by atoms with E-state index in [2.05, 4.69) is 28.0 Å². The molecule has 5 nitrogen and oxygen atoms in total. The molecule has 5 heteroatoms. The van der Waals surface area contributed by atoms with Crippen LogP contribution in [0, 0.1) is 0 Å². The second-order valence-corrected chi connectivity index (χ2v) is 5.40. The molecule has 1 aliphatic heterocycles. The summed E-state index contributed by atoms with van der Waals surface area (Å²) in [5, 5.41) is 0. The van der Waals surface area contributed by atoms with Gasteiger partial charge in [0.1, 0.15) is 0 Å². The maximum absolute atomic E-state index is 5.97. The number of nitrogens with zero attached hydrogens (tertiary/aromatic N) is 3. The third-order valence-electron chi connectivity index (χ3n) is 4.06. The first-order chi connectivity index (χ1) is 10.2. The normalized spacial score (nSPS) is 18.9. The van der Waals surface area contributed by atoms with Gasteiger partial charge in [-0.1, -0.05) is 6.07 Å². The van der Waals surface area contributed by atoms with Crippen LogP contribution in [-0.2, 0) is 12.8 Å². The lowest BCUT2D eigenvalue weighted by molar-refractivity contribution is 0.248. The molecule has 0 bridgehead atoms. The van der Waals surface area contributed by atoms with E-state index in [1.165, 1.54) is 5.56 Å². The standard InChI is InChI=1S/C16H20N4O/c1-20-8-6-11-9-12(17)16(21-2)19-14(11)10-15(20)13-5-3-4-7-18-13/h3-5,7,9,15H,6,8,10,17H2,1-2H3. The Morgan fingerprint density at radius 2 is 2.24 bits per heavy atom. The highest BCUT2D eigenvalue weighted by Gasteiger charge is 2.25. The summed E-state index contributed by atoms with van der Waals surface area (Å²) in [6.45, 7) is 0.960. The van der Waals surface area contributed by atoms with Crippen molar-refractivity contribution in [2.75, 3.05) is 26.4 Å². The summed E-state index contributed by atoms with van der Waals surface area (Å²) in [7, 11) is 3.73. The van der Waals surface area contributed by atoms with Crippen molar-refractivity contribution in [3.05, 3.63) is 47.4 Å². The van der Waals surface area contributed by atoms with Crippen LogP contribution in [0.15, 0.2) is 30.5 Å². The summed E-state index contributed by atoms with van der Waals surface area (Å²) >= 11 is 0. The fraction of sp³-hybridized carbons (Fsp3) is 0.375. The van der Waals surface area contributed by atoms with Crippen molar-refractivity contribution in [2.24, 2.45) is 0 Å². The van der Waals surface area contributed by atoms with Crippen molar-refractivity contribution in [3.63, 3.8) is 0 Å². The number of pyridine rings is 2. The molecule has 21 heavy (non-hydrogen) atoms. The van der Waals surface area contributed by atoms with Gasteiger partial charge in [0.25, 0.3) is 0 Å². The summed E-state index contributed by atoms with van der Waals surface area (Å²) < 4.78 is 5.25. The van der Waals surface area contributed by atoms with Gasteiger partial charge in [-0.05, 0) is 37.2 Å². The van der Waals surface area contributed by atoms with Gasteiger partial charge in [-0.3, -0.25) is 9.88 Å². The minimum absolute atomic E-state index is 0.230. The number of rotatable bonds is 2. The average molecular weight is 284 g/mol. The van der Waals surface area contributed by atoms with Crippen molar-refractivity contribution in [3.8, 4) is 5.88 Å². The number of hydrogen-bond donors (Lipinski definition) is 1. The smallest absolute Gasteiger partial charge is 0.237 e. The molecule has 0 aliphatic carbocycles. The molecule has 0 fully saturated rings. The van der Waals surface area contributed by atoms with Crippen molar-refractivity contribution < 1.29 is 4.74 Å². The van der Waals surface area contributed by atoms with Crippen molar-refractivity contribution >= 4 is 5.69 Å². The second kappa shape index (κ2) is 5.69. The summed E-state index contributed by atoms with van der Waals surface area (Å²) in [6.07, 6.45) is 3.60. The Kier molecular flexibility index (Phi) is 3.75. The van der Waals surface area contributed by atoms with Crippen LogP contribution in [0.4, 0.5) is 5.69 Å². The lowest BCUT2D eigenvalue weighted by Gasteiger charge is -2.24. The number of aromatic nitrogens is 2. The van der Waals surface area contributed by atoms with Crippen LogP contribution < -0.4 is 10.5 Å². The van der Waals surface area contributed by atoms with Gasteiger partial charge < -0.3 is 10.5 Å². The van der Waals surface area contributed by atoms with Crippen LogP contribution in [0.3, 0.4) is 0 Å². The van der Waals surface area contributed by atoms with E-state index in [4.69, 9.17) is 10.5 Å². The Bertz CT molecular complexity index is 630. The van der Waals surface area contributed by atoms with Gasteiger partial charge in [-0.25, -0.2) is 4.98 Å². The number of nitrogens with two attached hydrogens (primary N) is 1. The molecule has 2 aromatic rings. The molecule has 0 saturated heterocycles.